The number of benzene rings is 1. The quantitative estimate of drug-likeness (QED) is 0.803. The summed E-state index contributed by atoms with van der Waals surface area (Å²) >= 11 is 0. The van der Waals surface area contributed by atoms with Crippen molar-refractivity contribution in [3.05, 3.63) is 63.3 Å². The Balaban J connectivity index is 1.94. The molecule has 3 rings (SSSR count). The molecule has 2 heterocycles. The van der Waals surface area contributed by atoms with Crippen molar-refractivity contribution in [1.82, 2.24) is 15.1 Å². The second-order valence-corrected chi connectivity index (χ2v) is 5.52. The molecule has 0 saturated heterocycles. The fourth-order valence-electron chi connectivity index (χ4n) is 2.47. The van der Waals surface area contributed by atoms with Crippen molar-refractivity contribution in [2.24, 2.45) is 7.05 Å². The van der Waals surface area contributed by atoms with E-state index in [0.29, 0.717) is 16.7 Å². The number of rotatable bonds is 3. The summed E-state index contributed by atoms with van der Waals surface area (Å²) in [6, 6.07) is 9.10. The first-order valence-electron chi connectivity index (χ1n) is 7.27. The van der Waals surface area contributed by atoms with E-state index in [9.17, 15) is 9.59 Å². The van der Waals surface area contributed by atoms with Crippen LogP contribution in [0.3, 0.4) is 0 Å². The summed E-state index contributed by atoms with van der Waals surface area (Å²) in [5, 5.41) is 7.26. The van der Waals surface area contributed by atoms with E-state index in [-0.39, 0.29) is 17.7 Å². The zero-order valence-electron chi connectivity index (χ0n) is 13.2. The minimum atomic E-state index is -0.511. The first-order valence-corrected chi connectivity index (χ1v) is 7.27. The summed E-state index contributed by atoms with van der Waals surface area (Å²) in [5.41, 5.74) is 1.17. The SMILES string of the molecule is Cc1ccc2c(c1)c(=O)c(C(=O)NCc1ccc(C)o1)nn2C. The molecule has 6 nitrogen and oxygen atoms in total. The number of fused-ring (bicyclic) bond motifs is 1. The van der Waals surface area contributed by atoms with Gasteiger partial charge in [-0.3, -0.25) is 14.3 Å². The predicted octanol–water partition coefficient (Wildman–Crippen LogP) is 2.07. The molecular formula is C17H17N3O3. The van der Waals surface area contributed by atoms with Crippen LogP contribution in [-0.4, -0.2) is 15.7 Å². The molecule has 0 radical (unpaired) electrons. The van der Waals surface area contributed by atoms with Gasteiger partial charge in [-0.15, -0.1) is 0 Å². The van der Waals surface area contributed by atoms with Crippen molar-refractivity contribution in [2.75, 3.05) is 0 Å². The lowest BCUT2D eigenvalue weighted by Crippen LogP contribution is -2.31. The van der Waals surface area contributed by atoms with Gasteiger partial charge in [-0.25, -0.2) is 0 Å². The highest BCUT2D eigenvalue weighted by atomic mass is 16.3. The van der Waals surface area contributed by atoms with Crippen LogP contribution in [0, 0.1) is 13.8 Å². The van der Waals surface area contributed by atoms with E-state index in [1.54, 1.807) is 23.9 Å². The summed E-state index contributed by atoms with van der Waals surface area (Å²) in [5.74, 6) is 0.886. The lowest BCUT2D eigenvalue weighted by Gasteiger charge is -2.08. The van der Waals surface area contributed by atoms with Gasteiger partial charge in [-0.05, 0) is 38.1 Å². The van der Waals surface area contributed by atoms with Crippen molar-refractivity contribution < 1.29 is 9.21 Å². The van der Waals surface area contributed by atoms with Crippen LogP contribution in [0.4, 0.5) is 0 Å². The van der Waals surface area contributed by atoms with E-state index in [1.165, 1.54) is 0 Å². The summed E-state index contributed by atoms with van der Waals surface area (Å²) in [6.45, 7) is 3.94. The average Bonchev–Trinajstić information content (AvgIpc) is 2.94. The van der Waals surface area contributed by atoms with Crippen molar-refractivity contribution in [2.45, 2.75) is 20.4 Å². The minimum Gasteiger partial charge on any atom is -0.465 e. The fourth-order valence-corrected chi connectivity index (χ4v) is 2.47. The number of amides is 1. The van der Waals surface area contributed by atoms with Gasteiger partial charge in [0.05, 0.1) is 17.4 Å². The molecule has 0 aliphatic rings. The standard InChI is InChI=1S/C17H17N3O3/c1-10-4-7-14-13(8-10)16(21)15(19-20(14)3)17(22)18-9-12-6-5-11(2)23-12/h4-8H,9H2,1-3H3,(H,18,22). The van der Waals surface area contributed by atoms with Gasteiger partial charge in [-0.1, -0.05) is 11.6 Å². The van der Waals surface area contributed by atoms with Gasteiger partial charge >= 0.3 is 0 Å². The lowest BCUT2D eigenvalue weighted by atomic mass is 10.1. The zero-order chi connectivity index (χ0) is 16.6. The maximum Gasteiger partial charge on any atom is 0.276 e. The van der Waals surface area contributed by atoms with Gasteiger partial charge in [0.1, 0.15) is 11.5 Å². The van der Waals surface area contributed by atoms with Crippen molar-refractivity contribution in [1.29, 1.82) is 0 Å². The largest absolute Gasteiger partial charge is 0.465 e. The highest BCUT2D eigenvalue weighted by Gasteiger charge is 2.16. The highest BCUT2D eigenvalue weighted by molar-refractivity contribution is 5.95. The molecule has 0 atom stereocenters. The van der Waals surface area contributed by atoms with Gasteiger partial charge in [-0.2, -0.15) is 5.10 Å². The van der Waals surface area contributed by atoms with Gasteiger partial charge in [0.15, 0.2) is 5.69 Å². The molecule has 0 bridgehead atoms. The van der Waals surface area contributed by atoms with Gasteiger partial charge < -0.3 is 9.73 Å². The number of aromatic nitrogens is 2. The third-order valence-corrected chi connectivity index (χ3v) is 3.64. The van der Waals surface area contributed by atoms with E-state index in [2.05, 4.69) is 10.4 Å². The number of furan rings is 1. The summed E-state index contributed by atoms with van der Waals surface area (Å²) in [7, 11) is 1.71. The van der Waals surface area contributed by atoms with E-state index >= 15 is 0 Å². The van der Waals surface area contributed by atoms with Crippen LogP contribution in [-0.2, 0) is 13.6 Å². The van der Waals surface area contributed by atoms with Crippen molar-refractivity contribution >= 4 is 16.8 Å². The molecule has 3 aromatic rings. The van der Waals surface area contributed by atoms with Crippen LogP contribution in [0.25, 0.3) is 10.9 Å². The molecule has 1 amide bonds. The smallest absolute Gasteiger partial charge is 0.276 e. The summed E-state index contributed by atoms with van der Waals surface area (Å²) < 4.78 is 6.94. The predicted molar refractivity (Wildman–Crippen MR) is 86.3 cm³/mol. The normalized spacial score (nSPS) is 10.9. The molecule has 23 heavy (non-hydrogen) atoms. The van der Waals surface area contributed by atoms with Gasteiger partial charge in [0.2, 0.25) is 5.43 Å². The Kier molecular flexibility index (Phi) is 3.73. The Morgan fingerprint density at radius 3 is 2.74 bits per heavy atom. The van der Waals surface area contributed by atoms with E-state index in [4.69, 9.17) is 4.42 Å². The Hall–Kier alpha value is -2.89. The molecule has 118 valence electrons. The molecule has 0 aliphatic heterocycles. The van der Waals surface area contributed by atoms with Crippen LogP contribution in [0.15, 0.2) is 39.5 Å². The first-order chi connectivity index (χ1) is 11.0. The molecule has 1 aromatic carbocycles. The summed E-state index contributed by atoms with van der Waals surface area (Å²) in [6.07, 6.45) is 0. The van der Waals surface area contributed by atoms with Gasteiger partial charge in [0, 0.05) is 7.05 Å². The van der Waals surface area contributed by atoms with Gasteiger partial charge in [0.25, 0.3) is 5.91 Å². The van der Waals surface area contributed by atoms with E-state index in [1.807, 2.05) is 32.0 Å². The Labute approximate surface area is 132 Å². The molecule has 1 N–H and O–H groups in total. The van der Waals surface area contributed by atoms with Crippen LogP contribution in [0.1, 0.15) is 27.6 Å². The molecule has 0 fully saturated rings. The maximum atomic E-state index is 12.5. The number of carbonyl (C=O) groups is 1. The molecule has 0 aliphatic carbocycles. The highest BCUT2D eigenvalue weighted by Crippen LogP contribution is 2.11. The Bertz CT molecular complexity index is 953. The van der Waals surface area contributed by atoms with E-state index in [0.717, 1.165) is 11.3 Å². The second-order valence-electron chi connectivity index (χ2n) is 5.52. The van der Waals surface area contributed by atoms with E-state index < -0.39 is 5.91 Å². The average molecular weight is 311 g/mol. The zero-order valence-corrected chi connectivity index (χ0v) is 13.2. The number of nitrogens with one attached hydrogen (secondary N) is 1. The fraction of sp³-hybridized carbons (Fsp3) is 0.235. The van der Waals surface area contributed by atoms with Crippen molar-refractivity contribution in [3.63, 3.8) is 0 Å². The first kappa shape index (κ1) is 15.0. The number of hydrogen-bond acceptors (Lipinski definition) is 4. The molecule has 0 saturated carbocycles. The number of aryl methyl sites for hydroxylation is 3. The van der Waals surface area contributed by atoms with Crippen LogP contribution < -0.4 is 10.7 Å². The second kappa shape index (κ2) is 5.72. The van der Waals surface area contributed by atoms with Crippen LogP contribution in [0.2, 0.25) is 0 Å². The number of hydrogen-bond donors (Lipinski definition) is 1. The monoisotopic (exact) mass is 311 g/mol. The minimum absolute atomic E-state index is 0.117. The lowest BCUT2D eigenvalue weighted by molar-refractivity contribution is 0.0940. The topological polar surface area (TPSA) is 77.1 Å². The molecule has 6 heteroatoms. The molecule has 0 unspecified atom stereocenters. The van der Waals surface area contributed by atoms with Crippen molar-refractivity contribution in [3.8, 4) is 0 Å². The Morgan fingerprint density at radius 1 is 1.26 bits per heavy atom. The third kappa shape index (κ3) is 2.88. The summed E-state index contributed by atoms with van der Waals surface area (Å²) in [4.78, 5) is 24.8. The number of carbonyl (C=O) groups excluding carboxylic acids is 1. The molecule has 2 aromatic heterocycles. The maximum absolute atomic E-state index is 12.5. The molecule has 0 spiro atoms. The third-order valence-electron chi connectivity index (χ3n) is 3.64. The number of nitrogens with zero attached hydrogens (tertiary/aromatic N) is 2. The van der Waals surface area contributed by atoms with Crippen LogP contribution >= 0.6 is 0 Å². The Morgan fingerprint density at radius 2 is 2.04 bits per heavy atom. The van der Waals surface area contributed by atoms with Crippen LogP contribution in [0.5, 0.6) is 0 Å². The molecular weight excluding hydrogens is 294 g/mol.